The van der Waals surface area contributed by atoms with Crippen molar-refractivity contribution in [3.8, 4) is 0 Å². The number of carbonyl (C=O) groups excluding carboxylic acids is 1. The van der Waals surface area contributed by atoms with Crippen molar-refractivity contribution in [3.63, 3.8) is 0 Å². The number of hydrogen-bond acceptors (Lipinski definition) is 5. The fourth-order valence-corrected chi connectivity index (χ4v) is 3.59. The maximum absolute atomic E-state index is 11.8. The second-order valence-electron chi connectivity index (χ2n) is 7.27. The molecule has 0 bridgehead atoms. The van der Waals surface area contributed by atoms with E-state index in [1.807, 2.05) is 27.7 Å². The molecule has 1 aromatic heterocycles. The Balaban J connectivity index is 1.79. The molecule has 130 valence electrons. The van der Waals surface area contributed by atoms with Crippen LogP contribution in [0.3, 0.4) is 0 Å². The summed E-state index contributed by atoms with van der Waals surface area (Å²) in [4.78, 5) is 16.3. The van der Waals surface area contributed by atoms with Gasteiger partial charge in [-0.05, 0) is 46.5 Å². The van der Waals surface area contributed by atoms with Gasteiger partial charge in [0.1, 0.15) is 5.60 Å². The first kappa shape index (κ1) is 18.2. The molecule has 2 N–H and O–H groups in total. The highest BCUT2D eigenvalue weighted by molar-refractivity contribution is 7.09. The number of aromatic nitrogens is 1. The predicted octanol–water partition coefficient (Wildman–Crippen LogP) is 3.62. The van der Waals surface area contributed by atoms with Gasteiger partial charge in [-0.1, -0.05) is 12.8 Å². The van der Waals surface area contributed by atoms with Crippen LogP contribution in [-0.4, -0.2) is 29.3 Å². The number of alkyl carbamates (subject to hydrolysis) is 1. The van der Waals surface area contributed by atoms with Gasteiger partial charge in [0.2, 0.25) is 0 Å². The molecule has 1 saturated carbocycles. The average molecular weight is 340 g/mol. The Morgan fingerprint density at radius 3 is 2.78 bits per heavy atom. The molecule has 5 nitrogen and oxygen atoms in total. The summed E-state index contributed by atoms with van der Waals surface area (Å²) >= 11 is 1.69. The lowest BCUT2D eigenvalue weighted by molar-refractivity contribution is 0.0510. The summed E-state index contributed by atoms with van der Waals surface area (Å²) in [5.41, 5.74) is 0.661. The zero-order chi connectivity index (χ0) is 16.9. The topological polar surface area (TPSA) is 63.2 Å². The molecule has 1 aromatic rings. The monoisotopic (exact) mass is 339 g/mol. The Morgan fingerprint density at radius 1 is 1.39 bits per heavy atom. The van der Waals surface area contributed by atoms with Gasteiger partial charge in [0.05, 0.1) is 10.7 Å². The number of thiazole rings is 1. The number of hydrogen-bond donors (Lipinski definition) is 2. The molecule has 0 spiro atoms. The Morgan fingerprint density at radius 2 is 2.13 bits per heavy atom. The van der Waals surface area contributed by atoms with E-state index in [0.717, 1.165) is 30.1 Å². The second kappa shape index (κ2) is 8.11. The molecule has 2 atom stereocenters. The number of aryl methyl sites for hydroxylation is 1. The van der Waals surface area contributed by atoms with Gasteiger partial charge in [-0.15, -0.1) is 11.3 Å². The Labute approximate surface area is 143 Å². The van der Waals surface area contributed by atoms with Crippen LogP contribution in [0.1, 0.15) is 57.2 Å². The number of nitrogens with one attached hydrogen (secondary N) is 2. The maximum atomic E-state index is 11.8. The molecule has 0 aromatic carbocycles. The van der Waals surface area contributed by atoms with Crippen LogP contribution in [0.2, 0.25) is 0 Å². The zero-order valence-electron chi connectivity index (χ0n) is 14.6. The third-order valence-electron chi connectivity index (χ3n) is 4.03. The molecule has 0 radical (unpaired) electrons. The number of ether oxygens (including phenoxy) is 1. The maximum Gasteiger partial charge on any atom is 0.407 e. The Bertz CT molecular complexity index is 510. The molecule has 0 saturated heterocycles. The van der Waals surface area contributed by atoms with Crippen LogP contribution in [-0.2, 0) is 11.3 Å². The lowest BCUT2D eigenvalue weighted by atomic mass is 9.84. The molecule has 1 amide bonds. The van der Waals surface area contributed by atoms with E-state index in [4.69, 9.17) is 4.74 Å². The van der Waals surface area contributed by atoms with Crippen LogP contribution in [0.15, 0.2) is 5.38 Å². The lowest BCUT2D eigenvalue weighted by Gasteiger charge is -2.32. The van der Waals surface area contributed by atoms with Crippen molar-refractivity contribution >= 4 is 17.4 Å². The smallest absolute Gasteiger partial charge is 0.407 e. The standard InChI is InChI=1S/C17H29N3O2S/c1-12-20-14(11-23-12)10-18-15-8-6-5-7-13(15)9-19-16(21)22-17(2,3)4/h11,13,15,18H,5-10H2,1-4H3,(H,19,21). The normalized spacial score (nSPS) is 21.9. The van der Waals surface area contributed by atoms with Crippen LogP contribution in [0.4, 0.5) is 4.79 Å². The molecule has 1 fully saturated rings. The summed E-state index contributed by atoms with van der Waals surface area (Å²) in [6.45, 7) is 9.15. The van der Waals surface area contributed by atoms with Crippen LogP contribution in [0.5, 0.6) is 0 Å². The van der Waals surface area contributed by atoms with Crippen molar-refractivity contribution < 1.29 is 9.53 Å². The average Bonchev–Trinajstić information content (AvgIpc) is 2.87. The van der Waals surface area contributed by atoms with Crippen molar-refractivity contribution in [2.45, 2.75) is 71.6 Å². The molecule has 1 aliphatic rings. The lowest BCUT2D eigenvalue weighted by Crippen LogP contribution is -2.44. The first-order chi connectivity index (χ1) is 10.8. The third-order valence-corrected chi connectivity index (χ3v) is 4.85. The van der Waals surface area contributed by atoms with E-state index in [1.54, 1.807) is 11.3 Å². The van der Waals surface area contributed by atoms with Crippen LogP contribution in [0.25, 0.3) is 0 Å². The fourth-order valence-electron chi connectivity index (χ4n) is 2.97. The molecular weight excluding hydrogens is 310 g/mol. The van der Waals surface area contributed by atoms with Gasteiger partial charge >= 0.3 is 6.09 Å². The summed E-state index contributed by atoms with van der Waals surface area (Å²) in [5, 5.41) is 9.77. The summed E-state index contributed by atoms with van der Waals surface area (Å²) in [6, 6.07) is 0.431. The van der Waals surface area contributed by atoms with Gasteiger partial charge in [0, 0.05) is 24.5 Å². The fraction of sp³-hybridized carbons (Fsp3) is 0.765. The molecule has 6 heteroatoms. The van der Waals surface area contributed by atoms with E-state index >= 15 is 0 Å². The predicted molar refractivity (Wildman–Crippen MR) is 93.7 cm³/mol. The van der Waals surface area contributed by atoms with Gasteiger partial charge in [-0.3, -0.25) is 0 Å². The van der Waals surface area contributed by atoms with E-state index in [9.17, 15) is 4.79 Å². The summed E-state index contributed by atoms with van der Waals surface area (Å²) < 4.78 is 5.32. The summed E-state index contributed by atoms with van der Waals surface area (Å²) in [7, 11) is 0. The van der Waals surface area contributed by atoms with Gasteiger partial charge < -0.3 is 15.4 Å². The zero-order valence-corrected chi connectivity index (χ0v) is 15.5. The van der Waals surface area contributed by atoms with Crippen molar-refractivity contribution in [1.82, 2.24) is 15.6 Å². The largest absolute Gasteiger partial charge is 0.444 e. The third kappa shape index (κ3) is 6.47. The molecular formula is C17H29N3O2S. The van der Waals surface area contributed by atoms with Gasteiger partial charge in [-0.25, -0.2) is 9.78 Å². The number of nitrogens with zero attached hydrogens (tertiary/aromatic N) is 1. The van der Waals surface area contributed by atoms with E-state index < -0.39 is 5.60 Å². The van der Waals surface area contributed by atoms with Gasteiger partial charge in [0.15, 0.2) is 0 Å². The van der Waals surface area contributed by atoms with E-state index in [2.05, 4.69) is 21.0 Å². The van der Waals surface area contributed by atoms with Crippen molar-refractivity contribution in [2.75, 3.05) is 6.54 Å². The molecule has 0 aliphatic heterocycles. The van der Waals surface area contributed by atoms with Gasteiger partial charge in [0.25, 0.3) is 0 Å². The minimum atomic E-state index is -0.448. The Kier molecular flexibility index (Phi) is 6.41. The van der Waals surface area contributed by atoms with Crippen LogP contribution < -0.4 is 10.6 Å². The second-order valence-corrected chi connectivity index (χ2v) is 8.33. The minimum Gasteiger partial charge on any atom is -0.444 e. The summed E-state index contributed by atoms with van der Waals surface area (Å²) in [5.74, 6) is 0.455. The number of carbonyl (C=O) groups is 1. The highest BCUT2D eigenvalue weighted by Gasteiger charge is 2.26. The van der Waals surface area contributed by atoms with Crippen LogP contribution >= 0.6 is 11.3 Å². The van der Waals surface area contributed by atoms with Crippen LogP contribution in [0, 0.1) is 12.8 Å². The number of amides is 1. The molecule has 2 unspecified atom stereocenters. The highest BCUT2D eigenvalue weighted by Crippen LogP contribution is 2.24. The molecule has 1 aliphatic carbocycles. The SMILES string of the molecule is Cc1nc(CNC2CCCCC2CNC(=O)OC(C)(C)C)cs1. The van der Waals surface area contributed by atoms with Crippen molar-refractivity contribution in [3.05, 3.63) is 16.1 Å². The molecule has 23 heavy (non-hydrogen) atoms. The minimum absolute atomic E-state index is 0.322. The Hall–Kier alpha value is -1.14. The molecule has 1 heterocycles. The first-order valence-electron chi connectivity index (χ1n) is 8.45. The first-order valence-corrected chi connectivity index (χ1v) is 9.33. The van der Waals surface area contributed by atoms with E-state index in [0.29, 0.717) is 18.5 Å². The van der Waals surface area contributed by atoms with Gasteiger partial charge in [-0.2, -0.15) is 0 Å². The quantitative estimate of drug-likeness (QED) is 0.860. The highest BCUT2D eigenvalue weighted by atomic mass is 32.1. The van der Waals surface area contributed by atoms with Crippen molar-refractivity contribution in [1.29, 1.82) is 0 Å². The molecule has 2 rings (SSSR count). The van der Waals surface area contributed by atoms with E-state index in [-0.39, 0.29) is 6.09 Å². The number of rotatable bonds is 5. The van der Waals surface area contributed by atoms with E-state index in [1.165, 1.54) is 12.8 Å². The van der Waals surface area contributed by atoms with Crippen molar-refractivity contribution in [2.24, 2.45) is 5.92 Å². The summed E-state index contributed by atoms with van der Waals surface area (Å²) in [6.07, 6.45) is 4.45.